The lowest BCUT2D eigenvalue weighted by atomic mass is 9.99. The van der Waals surface area contributed by atoms with Gasteiger partial charge in [0.05, 0.1) is 18.8 Å². The standard InChI is InChI=1S/C22H26N2O3/c25-22(24-11-8-18(16-24)14-17-4-2-1-3-5-17)19-6-7-21(23-15-19)27-20-9-12-26-13-10-20/h1-7,15,18,20H,8-14,16H2. The summed E-state index contributed by atoms with van der Waals surface area (Å²) in [5.74, 6) is 1.18. The van der Waals surface area contributed by atoms with Crippen LogP contribution in [0.25, 0.3) is 0 Å². The second-order valence-corrected chi connectivity index (χ2v) is 7.41. The molecule has 2 aromatic rings. The van der Waals surface area contributed by atoms with Crippen molar-refractivity contribution in [3.05, 3.63) is 59.8 Å². The van der Waals surface area contributed by atoms with Crippen molar-refractivity contribution in [3.8, 4) is 5.88 Å². The van der Waals surface area contributed by atoms with Crippen LogP contribution in [-0.4, -0.2) is 48.2 Å². The highest BCUT2D eigenvalue weighted by Crippen LogP contribution is 2.23. The average molecular weight is 366 g/mol. The molecule has 0 spiro atoms. The van der Waals surface area contributed by atoms with Crippen LogP contribution in [0.5, 0.6) is 5.88 Å². The minimum absolute atomic E-state index is 0.0654. The quantitative estimate of drug-likeness (QED) is 0.814. The zero-order chi connectivity index (χ0) is 18.5. The molecule has 2 aliphatic heterocycles. The smallest absolute Gasteiger partial charge is 0.255 e. The number of benzene rings is 1. The summed E-state index contributed by atoms with van der Waals surface area (Å²) in [6.45, 7) is 3.10. The van der Waals surface area contributed by atoms with E-state index in [0.717, 1.165) is 52.0 Å². The lowest BCUT2D eigenvalue weighted by molar-refractivity contribution is 0.0237. The zero-order valence-corrected chi connectivity index (χ0v) is 15.5. The van der Waals surface area contributed by atoms with Crippen molar-refractivity contribution in [1.82, 2.24) is 9.88 Å². The Hall–Kier alpha value is -2.40. The van der Waals surface area contributed by atoms with E-state index in [0.29, 0.717) is 17.4 Å². The largest absolute Gasteiger partial charge is 0.474 e. The fourth-order valence-corrected chi connectivity index (χ4v) is 3.85. The molecule has 5 nitrogen and oxygen atoms in total. The molecule has 5 heteroatoms. The summed E-state index contributed by atoms with van der Waals surface area (Å²) in [5, 5.41) is 0. The van der Waals surface area contributed by atoms with Crippen LogP contribution in [0.15, 0.2) is 48.7 Å². The third-order valence-corrected chi connectivity index (χ3v) is 5.38. The Labute approximate surface area is 160 Å². The van der Waals surface area contributed by atoms with E-state index in [9.17, 15) is 4.79 Å². The van der Waals surface area contributed by atoms with Gasteiger partial charge in [0.25, 0.3) is 5.91 Å². The van der Waals surface area contributed by atoms with E-state index in [1.165, 1.54) is 5.56 Å². The number of carbonyl (C=O) groups excluding carboxylic acids is 1. The summed E-state index contributed by atoms with van der Waals surface area (Å²) in [6.07, 6.45) is 5.66. The highest BCUT2D eigenvalue weighted by atomic mass is 16.5. The van der Waals surface area contributed by atoms with Gasteiger partial charge in [-0.25, -0.2) is 4.98 Å². The third-order valence-electron chi connectivity index (χ3n) is 5.38. The molecule has 1 aromatic heterocycles. The molecule has 0 bridgehead atoms. The molecule has 2 saturated heterocycles. The molecule has 1 unspecified atom stereocenters. The summed E-state index contributed by atoms with van der Waals surface area (Å²) in [5.41, 5.74) is 1.97. The van der Waals surface area contributed by atoms with Gasteiger partial charge in [-0.3, -0.25) is 4.79 Å². The van der Waals surface area contributed by atoms with E-state index in [4.69, 9.17) is 9.47 Å². The second kappa shape index (κ2) is 8.53. The number of rotatable bonds is 5. The van der Waals surface area contributed by atoms with Crippen LogP contribution in [0.1, 0.15) is 35.2 Å². The maximum absolute atomic E-state index is 12.8. The molecular weight excluding hydrogens is 340 g/mol. The lowest BCUT2D eigenvalue weighted by Crippen LogP contribution is -2.29. The lowest BCUT2D eigenvalue weighted by Gasteiger charge is -2.22. The van der Waals surface area contributed by atoms with Gasteiger partial charge in [-0.05, 0) is 30.4 Å². The molecule has 4 rings (SSSR count). The Balaban J connectivity index is 1.31. The fourth-order valence-electron chi connectivity index (χ4n) is 3.85. The Morgan fingerprint density at radius 1 is 1.11 bits per heavy atom. The molecule has 27 heavy (non-hydrogen) atoms. The van der Waals surface area contributed by atoms with E-state index in [2.05, 4.69) is 29.2 Å². The number of ether oxygens (including phenoxy) is 2. The fraction of sp³-hybridized carbons (Fsp3) is 0.455. The minimum atomic E-state index is 0.0654. The molecule has 1 amide bonds. The minimum Gasteiger partial charge on any atom is -0.474 e. The molecule has 1 atom stereocenters. The monoisotopic (exact) mass is 366 g/mol. The normalized spacial score (nSPS) is 20.6. The van der Waals surface area contributed by atoms with Crippen LogP contribution in [0.4, 0.5) is 0 Å². The first-order chi connectivity index (χ1) is 13.3. The van der Waals surface area contributed by atoms with Crippen LogP contribution in [0, 0.1) is 5.92 Å². The predicted molar refractivity (Wildman–Crippen MR) is 103 cm³/mol. The van der Waals surface area contributed by atoms with Crippen molar-refractivity contribution in [2.24, 2.45) is 5.92 Å². The van der Waals surface area contributed by atoms with Gasteiger partial charge >= 0.3 is 0 Å². The topological polar surface area (TPSA) is 51.7 Å². The van der Waals surface area contributed by atoms with Crippen molar-refractivity contribution in [1.29, 1.82) is 0 Å². The molecular formula is C22H26N2O3. The molecule has 0 N–H and O–H groups in total. The van der Waals surface area contributed by atoms with Gasteiger partial charge < -0.3 is 14.4 Å². The number of likely N-dealkylation sites (tertiary alicyclic amines) is 1. The summed E-state index contributed by atoms with van der Waals surface area (Å²) < 4.78 is 11.2. The number of aromatic nitrogens is 1. The van der Waals surface area contributed by atoms with E-state index in [-0.39, 0.29) is 12.0 Å². The number of pyridine rings is 1. The average Bonchev–Trinajstić information content (AvgIpc) is 3.18. The molecule has 3 heterocycles. The van der Waals surface area contributed by atoms with Crippen LogP contribution in [0.3, 0.4) is 0 Å². The van der Waals surface area contributed by atoms with Crippen molar-refractivity contribution in [2.45, 2.75) is 31.8 Å². The predicted octanol–water partition coefficient (Wildman–Crippen LogP) is 3.34. The van der Waals surface area contributed by atoms with E-state index < -0.39 is 0 Å². The second-order valence-electron chi connectivity index (χ2n) is 7.41. The first-order valence-corrected chi connectivity index (χ1v) is 9.81. The van der Waals surface area contributed by atoms with Gasteiger partial charge in [-0.15, -0.1) is 0 Å². The summed E-state index contributed by atoms with van der Waals surface area (Å²) in [4.78, 5) is 19.1. The zero-order valence-electron chi connectivity index (χ0n) is 15.5. The summed E-state index contributed by atoms with van der Waals surface area (Å²) in [7, 11) is 0. The molecule has 2 fully saturated rings. The van der Waals surface area contributed by atoms with Crippen molar-refractivity contribution >= 4 is 5.91 Å². The molecule has 0 radical (unpaired) electrons. The number of amides is 1. The van der Waals surface area contributed by atoms with E-state index in [1.54, 1.807) is 12.3 Å². The van der Waals surface area contributed by atoms with Crippen molar-refractivity contribution < 1.29 is 14.3 Å². The highest BCUT2D eigenvalue weighted by Gasteiger charge is 2.27. The summed E-state index contributed by atoms with van der Waals surface area (Å²) >= 11 is 0. The number of nitrogens with zero attached hydrogens (tertiary/aromatic N) is 2. The van der Waals surface area contributed by atoms with Gasteiger partial charge in [0.15, 0.2) is 0 Å². The van der Waals surface area contributed by atoms with Crippen LogP contribution in [-0.2, 0) is 11.2 Å². The molecule has 2 aliphatic rings. The Bertz CT molecular complexity index is 742. The van der Waals surface area contributed by atoms with Gasteiger partial charge in [-0.1, -0.05) is 30.3 Å². The van der Waals surface area contributed by atoms with Crippen molar-refractivity contribution in [2.75, 3.05) is 26.3 Å². The number of hydrogen-bond acceptors (Lipinski definition) is 4. The Kier molecular flexibility index (Phi) is 5.68. The molecule has 1 aromatic carbocycles. The van der Waals surface area contributed by atoms with Crippen LogP contribution in [0.2, 0.25) is 0 Å². The summed E-state index contributed by atoms with van der Waals surface area (Å²) in [6, 6.07) is 14.1. The maximum Gasteiger partial charge on any atom is 0.255 e. The Morgan fingerprint density at radius 3 is 2.67 bits per heavy atom. The number of hydrogen-bond donors (Lipinski definition) is 0. The van der Waals surface area contributed by atoms with Crippen LogP contribution >= 0.6 is 0 Å². The van der Waals surface area contributed by atoms with Gasteiger partial charge in [0, 0.05) is 38.2 Å². The van der Waals surface area contributed by atoms with Gasteiger partial charge in [-0.2, -0.15) is 0 Å². The van der Waals surface area contributed by atoms with Gasteiger partial charge in [0.2, 0.25) is 5.88 Å². The first kappa shape index (κ1) is 18.0. The SMILES string of the molecule is O=C(c1ccc(OC2CCOCC2)nc1)N1CCC(Cc2ccccc2)C1. The Morgan fingerprint density at radius 2 is 1.93 bits per heavy atom. The third kappa shape index (κ3) is 4.66. The number of carbonyl (C=O) groups is 1. The highest BCUT2D eigenvalue weighted by molar-refractivity contribution is 5.94. The van der Waals surface area contributed by atoms with E-state index in [1.807, 2.05) is 17.0 Å². The molecule has 0 aliphatic carbocycles. The van der Waals surface area contributed by atoms with Crippen molar-refractivity contribution in [3.63, 3.8) is 0 Å². The van der Waals surface area contributed by atoms with Crippen LogP contribution < -0.4 is 4.74 Å². The maximum atomic E-state index is 12.8. The molecule has 0 saturated carbocycles. The van der Waals surface area contributed by atoms with E-state index >= 15 is 0 Å². The van der Waals surface area contributed by atoms with Gasteiger partial charge in [0.1, 0.15) is 6.10 Å². The molecule has 142 valence electrons. The first-order valence-electron chi connectivity index (χ1n) is 9.81.